The average molecular weight is 228 g/mol. The summed E-state index contributed by atoms with van der Waals surface area (Å²) in [7, 11) is 0. The second kappa shape index (κ2) is 6.23. The molecular weight excluding hydrogens is 208 g/mol. The molecule has 3 nitrogen and oxygen atoms in total. The van der Waals surface area contributed by atoms with Crippen LogP contribution in [0, 0.1) is 5.92 Å². The summed E-state index contributed by atoms with van der Waals surface area (Å²) in [5.74, 6) is 6.04. The standard InChI is InChI=1S/C11H20N2OS/c1-4-14-11(8(2)3)10(13-12)9-5-6-15-7-9/h5-8,10-11,13H,4,12H2,1-3H3. The molecule has 15 heavy (non-hydrogen) atoms. The average Bonchev–Trinajstić information content (AvgIpc) is 2.71. The predicted molar refractivity (Wildman–Crippen MR) is 64.6 cm³/mol. The first kappa shape index (κ1) is 12.6. The summed E-state index contributed by atoms with van der Waals surface area (Å²) in [5, 5.41) is 4.17. The molecule has 1 aromatic heterocycles. The van der Waals surface area contributed by atoms with Crippen LogP contribution in [0.4, 0.5) is 0 Å². The van der Waals surface area contributed by atoms with Gasteiger partial charge in [0.15, 0.2) is 0 Å². The molecule has 0 spiro atoms. The second-order valence-electron chi connectivity index (χ2n) is 3.86. The van der Waals surface area contributed by atoms with Crippen molar-refractivity contribution >= 4 is 11.3 Å². The quantitative estimate of drug-likeness (QED) is 0.580. The SMILES string of the molecule is CCOC(C(C)C)C(NN)c1ccsc1. The van der Waals surface area contributed by atoms with Crippen LogP contribution in [-0.2, 0) is 4.74 Å². The van der Waals surface area contributed by atoms with Crippen molar-refractivity contribution in [3.8, 4) is 0 Å². The van der Waals surface area contributed by atoms with Crippen molar-refractivity contribution in [2.45, 2.75) is 32.9 Å². The van der Waals surface area contributed by atoms with Gasteiger partial charge in [-0.05, 0) is 35.2 Å². The van der Waals surface area contributed by atoms with Crippen LogP contribution in [0.2, 0.25) is 0 Å². The summed E-state index contributed by atoms with van der Waals surface area (Å²) in [6, 6.07) is 2.17. The molecule has 1 heterocycles. The summed E-state index contributed by atoms with van der Waals surface area (Å²) in [6.45, 7) is 7.02. The Bertz CT molecular complexity index is 262. The van der Waals surface area contributed by atoms with E-state index in [-0.39, 0.29) is 12.1 Å². The highest BCUT2D eigenvalue weighted by molar-refractivity contribution is 7.07. The van der Waals surface area contributed by atoms with Gasteiger partial charge in [-0.3, -0.25) is 11.3 Å². The van der Waals surface area contributed by atoms with E-state index in [2.05, 4.69) is 36.1 Å². The molecule has 2 atom stereocenters. The van der Waals surface area contributed by atoms with Crippen molar-refractivity contribution in [3.05, 3.63) is 22.4 Å². The lowest BCUT2D eigenvalue weighted by Gasteiger charge is -2.29. The minimum absolute atomic E-state index is 0.0798. The van der Waals surface area contributed by atoms with E-state index in [9.17, 15) is 0 Å². The molecule has 0 aromatic carbocycles. The Hall–Kier alpha value is -0.420. The van der Waals surface area contributed by atoms with E-state index >= 15 is 0 Å². The van der Waals surface area contributed by atoms with Crippen LogP contribution >= 0.6 is 11.3 Å². The molecule has 4 heteroatoms. The molecule has 0 radical (unpaired) electrons. The molecule has 0 fully saturated rings. The molecule has 0 aliphatic rings. The number of thiophene rings is 1. The highest BCUT2D eigenvalue weighted by Crippen LogP contribution is 2.25. The van der Waals surface area contributed by atoms with Crippen molar-refractivity contribution in [1.29, 1.82) is 0 Å². The number of nitrogens with two attached hydrogens (primary N) is 1. The maximum Gasteiger partial charge on any atom is 0.0805 e. The van der Waals surface area contributed by atoms with Gasteiger partial charge in [-0.2, -0.15) is 11.3 Å². The number of hydrogen-bond acceptors (Lipinski definition) is 4. The van der Waals surface area contributed by atoms with Gasteiger partial charge in [0.1, 0.15) is 0 Å². The molecular formula is C11H20N2OS. The van der Waals surface area contributed by atoms with Gasteiger partial charge in [-0.1, -0.05) is 13.8 Å². The maximum atomic E-state index is 5.74. The van der Waals surface area contributed by atoms with Crippen molar-refractivity contribution in [2.75, 3.05) is 6.61 Å². The molecule has 86 valence electrons. The summed E-state index contributed by atoms with van der Waals surface area (Å²) in [6.07, 6.45) is 0.120. The van der Waals surface area contributed by atoms with Gasteiger partial charge >= 0.3 is 0 Å². The maximum absolute atomic E-state index is 5.74. The van der Waals surface area contributed by atoms with Gasteiger partial charge in [0.25, 0.3) is 0 Å². The van der Waals surface area contributed by atoms with Crippen LogP contribution in [-0.4, -0.2) is 12.7 Å². The van der Waals surface area contributed by atoms with Gasteiger partial charge in [-0.15, -0.1) is 0 Å². The molecule has 0 saturated carbocycles. The van der Waals surface area contributed by atoms with Gasteiger partial charge in [0.2, 0.25) is 0 Å². The Morgan fingerprint density at radius 1 is 1.53 bits per heavy atom. The Morgan fingerprint density at radius 2 is 2.27 bits per heavy atom. The van der Waals surface area contributed by atoms with Gasteiger partial charge in [0.05, 0.1) is 12.1 Å². The first-order valence-electron chi connectivity index (χ1n) is 5.30. The molecule has 3 N–H and O–H groups in total. The first-order valence-corrected chi connectivity index (χ1v) is 6.24. The molecule has 0 saturated heterocycles. The van der Waals surface area contributed by atoms with E-state index in [4.69, 9.17) is 10.6 Å². The minimum Gasteiger partial charge on any atom is -0.376 e. The fourth-order valence-corrected chi connectivity index (χ4v) is 2.40. The number of nitrogens with one attached hydrogen (secondary N) is 1. The molecule has 0 amide bonds. The fraction of sp³-hybridized carbons (Fsp3) is 0.636. The van der Waals surface area contributed by atoms with Gasteiger partial charge in [0, 0.05) is 6.61 Å². The Morgan fingerprint density at radius 3 is 2.67 bits per heavy atom. The Labute approximate surface area is 95.6 Å². The van der Waals surface area contributed by atoms with Crippen molar-refractivity contribution in [3.63, 3.8) is 0 Å². The number of hydrogen-bond donors (Lipinski definition) is 2. The number of hydrazine groups is 1. The van der Waals surface area contributed by atoms with E-state index in [0.717, 1.165) is 0 Å². The third kappa shape index (κ3) is 3.28. The van der Waals surface area contributed by atoms with Crippen LogP contribution in [0.1, 0.15) is 32.4 Å². The monoisotopic (exact) mass is 228 g/mol. The van der Waals surface area contributed by atoms with E-state index in [1.165, 1.54) is 5.56 Å². The largest absolute Gasteiger partial charge is 0.376 e. The summed E-state index contributed by atoms with van der Waals surface area (Å²) in [4.78, 5) is 0. The van der Waals surface area contributed by atoms with E-state index in [1.54, 1.807) is 11.3 Å². The third-order valence-corrected chi connectivity index (χ3v) is 3.13. The van der Waals surface area contributed by atoms with Gasteiger partial charge in [-0.25, -0.2) is 0 Å². The van der Waals surface area contributed by atoms with Crippen LogP contribution in [0.3, 0.4) is 0 Å². The number of rotatable bonds is 6. The Kier molecular flexibility index (Phi) is 5.25. The van der Waals surface area contributed by atoms with Crippen LogP contribution in [0.15, 0.2) is 16.8 Å². The zero-order valence-electron chi connectivity index (χ0n) is 9.57. The predicted octanol–water partition coefficient (Wildman–Crippen LogP) is 2.31. The lowest BCUT2D eigenvalue weighted by molar-refractivity contribution is 0.00287. The second-order valence-corrected chi connectivity index (χ2v) is 4.65. The molecule has 0 bridgehead atoms. The minimum atomic E-state index is 0.0798. The number of ether oxygens (including phenoxy) is 1. The van der Waals surface area contributed by atoms with Crippen LogP contribution in [0.5, 0.6) is 0 Å². The molecule has 1 rings (SSSR count). The lowest BCUT2D eigenvalue weighted by Crippen LogP contribution is -2.40. The zero-order valence-corrected chi connectivity index (χ0v) is 10.4. The van der Waals surface area contributed by atoms with Crippen LogP contribution < -0.4 is 11.3 Å². The highest BCUT2D eigenvalue weighted by atomic mass is 32.1. The van der Waals surface area contributed by atoms with Crippen molar-refractivity contribution in [2.24, 2.45) is 11.8 Å². The molecule has 2 unspecified atom stereocenters. The smallest absolute Gasteiger partial charge is 0.0805 e. The first-order chi connectivity index (χ1) is 7.20. The normalized spacial score (nSPS) is 15.5. The highest BCUT2D eigenvalue weighted by Gasteiger charge is 2.25. The zero-order chi connectivity index (χ0) is 11.3. The molecule has 1 aromatic rings. The molecule has 0 aliphatic heterocycles. The van der Waals surface area contributed by atoms with E-state index in [1.807, 2.05) is 6.92 Å². The van der Waals surface area contributed by atoms with E-state index in [0.29, 0.717) is 12.5 Å². The molecule has 0 aliphatic carbocycles. The summed E-state index contributed by atoms with van der Waals surface area (Å²) < 4.78 is 5.74. The summed E-state index contributed by atoms with van der Waals surface area (Å²) >= 11 is 1.68. The van der Waals surface area contributed by atoms with E-state index < -0.39 is 0 Å². The van der Waals surface area contributed by atoms with Crippen molar-refractivity contribution in [1.82, 2.24) is 5.43 Å². The van der Waals surface area contributed by atoms with Crippen LogP contribution in [0.25, 0.3) is 0 Å². The summed E-state index contributed by atoms with van der Waals surface area (Å²) in [5.41, 5.74) is 4.06. The Balaban J connectivity index is 2.78. The third-order valence-electron chi connectivity index (χ3n) is 2.43. The fourth-order valence-electron chi connectivity index (χ4n) is 1.70. The van der Waals surface area contributed by atoms with Gasteiger partial charge < -0.3 is 4.74 Å². The topological polar surface area (TPSA) is 47.3 Å². The lowest BCUT2D eigenvalue weighted by atomic mass is 9.96. The van der Waals surface area contributed by atoms with Crippen molar-refractivity contribution < 1.29 is 4.74 Å².